The van der Waals surface area contributed by atoms with E-state index in [0.717, 1.165) is 24.2 Å². The Kier molecular flexibility index (Phi) is 6.70. The fraction of sp³-hybridized carbons (Fsp3) is 0.250. The van der Waals surface area contributed by atoms with Crippen molar-refractivity contribution in [2.75, 3.05) is 5.75 Å². The van der Waals surface area contributed by atoms with Crippen molar-refractivity contribution in [2.24, 2.45) is 0 Å². The normalized spacial score (nSPS) is 10.3. The van der Waals surface area contributed by atoms with E-state index < -0.39 is 17.6 Å². The number of hydrogen-bond acceptors (Lipinski definition) is 5. The fourth-order valence-corrected chi connectivity index (χ4v) is 2.64. The van der Waals surface area contributed by atoms with Gasteiger partial charge in [0.05, 0.1) is 11.3 Å². The molecule has 0 aliphatic carbocycles. The minimum absolute atomic E-state index is 0.0733. The van der Waals surface area contributed by atoms with Crippen LogP contribution in [-0.2, 0) is 11.2 Å². The Balaban J connectivity index is 1.86. The van der Waals surface area contributed by atoms with Crippen molar-refractivity contribution < 1.29 is 14.0 Å². The van der Waals surface area contributed by atoms with E-state index in [0.29, 0.717) is 17.3 Å². The third-order valence-corrected chi connectivity index (χ3v) is 3.93. The minimum Gasteiger partial charge on any atom is -0.301 e. The molecule has 132 valence electrons. The lowest BCUT2D eigenvalue weighted by Crippen LogP contribution is -2.42. The number of hydrazine groups is 1. The molecule has 2 aromatic rings. The van der Waals surface area contributed by atoms with Gasteiger partial charge < -0.3 is 4.98 Å². The van der Waals surface area contributed by atoms with E-state index in [2.05, 4.69) is 20.8 Å². The Hall–Kier alpha value is -2.68. The predicted octanol–water partition coefficient (Wildman–Crippen LogP) is 1.41. The molecule has 0 saturated heterocycles. The molecular weight excluding hydrogens is 347 g/mol. The molecule has 0 fully saturated rings. The molecule has 0 spiro atoms. The number of H-pyrrole nitrogens is 1. The zero-order valence-corrected chi connectivity index (χ0v) is 14.3. The van der Waals surface area contributed by atoms with Crippen molar-refractivity contribution in [1.82, 2.24) is 20.8 Å². The van der Waals surface area contributed by atoms with Gasteiger partial charge in [0.25, 0.3) is 11.5 Å². The summed E-state index contributed by atoms with van der Waals surface area (Å²) >= 11 is 1.03. The maximum Gasteiger partial charge on any atom is 0.272 e. The summed E-state index contributed by atoms with van der Waals surface area (Å²) in [6.07, 6.45) is 1.52. The molecule has 1 aromatic carbocycles. The summed E-state index contributed by atoms with van der Waals surface area (Å²) in [6, 6.07) is 6.85. The maximum absolute atomic E-state index is 13.5. The molecule has 2 amide bonds. The first kappa shape index (κ1) is 18.7. The highest BCUT2D eigenvalue weighted by molar-refractivity contribution is 7.99. The highest BCUT2D eigenvalue weighted by Crippen LogP contribution is 2.11. The molecule has 0 atom stereocenters. The Morgan fingerprint density at radius 2 is 2.04 bits per heavy atom. The lowest BCUT2D eigenvalue weighted by molar-refractivity contribution is -0.119. The van der Waals surface area contributed by atoms with E-state index in [4.69, 9.17) is 0 Å². The highest BCUT2D eigenvalue weighted by Gasteiger charge is 2.12. The summed E-state index contributed by atoms with van der Waals surface area (Å²) in [5, 5.41) is 0.325. The maximum atomic E-state index is 13.5. The molecule has 3 N–H and O–H groups in total. The van der Waals surface area contributed by atoms with E-state index in [9.17, 15) is 18.8 Å². The predicted molar refractivity (Wildman–Crippen MR) is 91.6 cm³/mol. The van der Waals surface area contributed by atoms with Crippen LogP contribution < -0.4 is 16.4 Å². The molecule has 0 aliphatic heterocycles. The summed E-state index contributed by atoms with van der Waals surface area (Å²) < 4.78 is 13.5. The molecule has 25 heavy (non-hydrogen) atoms. The van der Waals surface area contributed by atoms with Crippen molar-refractivity contribution in [3.05, 3.63) is 57.8 Å². The van der Waals surface area contributed by atoms with Crippen LogP contribution in [0.15, 0.2) is 40.3 Å². The summed E-state index contributed by atoms with van der Waals surface area (Å²) in [4.78, 5) is 41.9. The molecule has 2 rings (SSSR count). The zero-order valence-electron chi connectivity index (χ0n) is 13.5. The van der Waals surface area contributed by atoms with Gasteiger partial charge in [-0.15, -0.1) is 0 Å². The third kappa shape index (κ3) is 5.71. The van der Waals surface area contributed by atoms with E-state index in [1.165, 1.54) is 24.3 Å². The van der Waals surface area contributed by atoms with E-state index in [1.54, 1.807) is 0 Å². The topological polar surface area (TPSA) is 104 Å². The number of thioether (sulfide) groups is 1. The van der Waals surface area contributed by atoms with Gasteiger partial charge in [-0.1, -0.05) is 37.2 Å². The summed E-state index contributed by atoms with van der Waals surface area (Å²) in [5.74, 6) is -2.03. The van der Waals surface area contributed by atoms with Gasteiger partial charge in [-0.05, 0) is 18.6 Å². The van der Waals surface area contributed by atoms with Crippen molar-refractivity contribution in [2.45, 2.75) is 24.9 Å². The van der Waals surface area contributed by atoms with Crippen LogP contribution >= 0.6 is 11.8 Å². The van der Waals surface area contributed by atoms with Gasteiger partial charge in [-0.25, -0.2) is 9.37 Å². The molecule has 0 unspecified atom stereocenters. The molecule has 0 radical (unpaired) electrons. The number of aromatic amines is 1. The average Bonchev–Trinajstić information content (AvgIpc) is 2.58. The first-order chi connectivity index (χ1) is 12.0. The number of nitrogens with one attached hydrogen (secondary N) is 3. The molecular formula is C16H17FN4O3S. The third-order valence-electron chi connectivity index (χ3n) is 3.05. The highest BCUT2D eigenvalue weighted by atomic mass is 32.2. The number of hydrogen-bond donors (Lipinski definition) is 3. The van der Waals surface area contributed by atoms with E-state index in [1.807, 2.05) is 6.92 Å². The number of benzene rings is 1. The number of halogens is 1. The number of rotatable bonds is 6. The minimum atomic E-state index is -0.757. The number of carbonyl (C=O) groups is 2. The van der Waals surface area contributed by atoms with Gasteiger partial charge in [0.1, 0.15) is 5.82 Å². The summed E-state index contributed by atoms with van der Waals surface area (Å²) in [5.41, 5.74) is 4.52. The van der Waals surface area contributed by atoms with Crippen LogP contribution in [0.3, 0.4) is 0 Å². The Morgan fingerprint density at radius 3 is 2.76 bits per heavy atom. The second-order valence-corrected chi connectivity index (χ2v) is 6.03. The first-order valence-corrected chi connectivity index (χ1v) is 8.55. The number of aryl methyl sites for hydroxylation is 1. The van der Waals surface area contributed by atoms with Crippen molar-refractivity contribution in [3.63, 3.8) is 0 Å². The van der Waals surface area contributed by atoms with Gasteiger partial charge in [-0.3, -0.25) is 25.2 Å². The van der Waals surface area contributed by atoms with Crippen LogP contribution in [0.1, 0.15) is 29.4 Å². The second-order valence-electron chi connectivity index (χ2n) is 5.06. The summed E-state index contributed by atoms with van der Waals surface area (Å²) in [7, 11) is 0. The van der Waals surface area contributed by atoms with E-state index in [-0.39, 0.29) is 16.9 Å². The molecule has 7 nitrogen and oxygen atoms in total. The monoisotopic (exact) mass is 364 g/mol. The second kappa shape index (κ2) is 8.97. The average molecular weight is 364 g/mol. The lowest BCUT2D eigenvalue weighted by Gasteiger charge is -2.08. The van der Waals surface area contributed by atoms with Crippen molar-refractivity contribution in [1.29, 1.82) is 0 Å². The molecule has 0 saturated carbocycles. The van der Waals surface area contributed by atoms with Crippen LogP contribution in [0.5, 0.6) is 0 Å². The van der Waals surface area contributed by atoms with Crippen molar-refractivity contribution >= 4 is 23.6 Å². The van der Waals surface area contributed by atoms with Gasteiger partial charge >= 0.3 is 0 Å². The van der Waals surface area contributed by atoms with Crippen LogP contribution in [0.4, 0.5) is 4.39 Å². The van der Waals surface area contributed by atoms with Crippen LogP contribution in [-0.4, -0.2) is 27.5 Å². The Morgan fingerprint density at radius 1 is 1.28 bits per heavy atom. The van der Waals surface area contributed by atoms with Gasteiger partial charge in [0.2, 0.25) is 5.91 Å². The Labute approximate surface area is 147 Å². The smallest absolute Gasteiger partial charge is 0.272 e. The molecule has 9 heteroatoms. The summed E-state index contributed by atoms with van der Waals surface area (Å²) in [6.45, 7) is 1.97. The molecule has 1 aromatic heterocycles. The molecule has 1 heterocycles. The van der Waals surface area contributed by atoms with Crippen molar-refractivity contribution in [3.8, 4) is 0 Å². The van der Waals surface area contributed by atoms with Crippen LogP contribution in [0, 0.1) is 5.82 Å². The number of amides is 2. The fourth-order valence-electron chi connectivity index (χ4n) is 1.95. The number of nitrogens with zero attached hydrogens (tertiary/aromatic N) is 1. The standard InChI is InChI=1S/C16H17FN4O3S/c1-2-5-10-8-13(22)19-16(18-10)25-9-14(23)20-21-15(24)11-6-3-4-7-12(11)17/h3-4,6-8H,2,5,9H2,1H3,(H,20,23)(H,21,24)(H,18,19,22). The van der Waals surface area contributed by atoms with Crippen LogP contribution in [0.2, 0.25) is 0 Å². The molecule has 0 bridgehead atoms. The largest absolute Gasteiger partial charge is 0.301 e. The van der Waals surface area contributed by atoms with Gasteiger partial charge in [0.15, 0.2) is 5.16 Å². The lowest BCUT2D eigenvalue weighted by atomic mass is 10.2. The Bertz CT molecular complexity index is 825. The first-order valence-electron chi connectivity index (χ1n) is 7.56. The molecule has 0 aliphatic rings. The van der Waals surface area contributed by atoms with Gasteiger partial charge in [-0.2, -0.15) is 0 Å². The SMILES string of the molecule is CCCc1cc(=O)[nH]c(SCC(=O)NNC(=O)c2ccccc2F)n1. The number of aromatic nitrogens is 2. The zero-order chi connectivity index (χ0) is 18.2. The number of carbonyl (C=O) groups excluding carboxylic acids is 2. The van der Waals surface area contributed by atoms with Gasteiger partial charge in [0, 0.05) is 11.8 Å². The van der Waals surface area contributed by atoms with Crippen LogP contribution in [0.25, 0.3) is 0 Å². The quantitative estimate of drug-likeness (QED) is 0.408. The van der Waals surface area contributed by atoms with E-state index >= 15 is 0 Å².